The Morgan fingerprint density at radius 2 is 1.67 bits per heavy atom. The van der Waals surface area contributed by atoms with Crippen molar-refractivity contribution in [2.45, 2.75) is 73.2 Å². The van der Waals surface area contributed by atoms with Crippen molar-refractivity contribution in [1.82, 2.24) is 5.32 Å². The number of methoxy groups -OCH3 is 1. The predicted molar refractivity (Wildman–Crippen MR) is 151 cm³/mol. The number of alkyl halides is 4. The molecule has 2 aromatic rings. The van der Waals surface area contributed by atoms with Crippen LogP contribution in [0.4, 0.5) is 27.6 Å². The number of halogens is 5. The summed E-state index contributed by atoms with van der Waals surface area (Å²) in [6.07, 6.45) is 0.605. The summed E-state index contributed by atoms with van der Waals surface area (Å²) < 4.78 is 103. The average molecular weight is 675 g/mol. The molecule has 4 atom stereocenters. The number of amides is 2. The van der Waals surface area contributed by atoms with Gasteiger partial charge in [-0.1, -0.05) is 6.07 Å². The summed E-state index contributed by atoms with van der Waals surface area (Å²) in [7, 11) is -4.43. The van der Waals surface area contributed by atoms with Crippen LogP contribution in [-0.4, -0.2) is 61.7 Å². The zero-order valence-corrected chi connectivity index (χ0v) is 25.2. The monoisotopic (exact) mass is 674 g/mol. The maximum absolute atomic E-state index is 14.9. The Bertz CT molecular complexity index is 1640. The standard InChI is InChI=1S/C30H31F5N2O8S/c1-44-22-14-21(31)23(45-18-7-9-29(32,10-8-18)28(40)41)13-20(22)26(38)37-25-16-6-5-15(11-16)24(25)27(39)36-17-3-2-4-19(12-17)46(42,43)30(33,34)35/h2-4,12-16,18,24-25H,5-11H2,1H3,(H,36,39)(H,37,38)(H,40,41)/t15-,16+,18?,24+,25-,29?/m1/s1. The van der Waals surface area contributed by atoms with Gasteiger partial charge in [-0.05, 0) is 81.0 Å². The van der Waals surface area contributed by atoms with Gasteiger partial charge in [-0.3, -0.25) is 9.59 Å². The van der Waals surface area contributed by atoms with Crippen molar-refractivity contribution in [2.24, 2.45) is 17.8 Å². The van der Waals surface area contributed by atoms with Crippen LogP contribution in [0.2, 0.25) is 0 Å². The van der Waals surface area contributed by atoms with Gasteiger partial charge in [0.05, 0.1) is 29.6 Å². The van der Waals surface area contributed by atoms with Crippen LogP contribution >= 0.6 is 0 Å². The molecule has 0 unspecified atom stereocenters. The highest BCUT2D eigenvalue weighted by atomic mass is 32.2. The summed E-state index contributed by atoms with van der Waals surface area (Å²) in [6, 6.07) is 5.16. The molecule has 2 bridgehead atoms. The van der Waals surface area contributed by atoms with Crippen LogP contribution in [0.1, 0.15) is 55.3 Å². The molecule has 3 saturated carbocycles. The number of anilines is 1. The molecule has 250 valence electrons. The first-order valence-corrected chi connectivity index (χ1v) is 16.0. The lowest BCUT2D eigenvalue weighted by molar-refractivity contribution is -0.154. The number of aliphatic carboxylic acids is 1. The van der Waals surface area contributed by atoms with Gasteiger partial charge in [-0.25, -0.2) is 22.0 Å². The number of carboxylic acid groups (broad SMARTS) is 1. The van der Waals surface area contributed by atoms with E-state index >= 15 is 0 Å². The van der Waals surface area contributed by atoms with Gasteiger partial charge in [0.1, 0.15) is 5.75 Å². The third kappa shape index (κ3) is 6.35. The van der Waals surface area contributed by atoms with E-state index in [0.29, 0.717) is 25.3 Å². The Balaban J connectivity index is 1.32. The Hall–Kier alpha value is -3.95. The maximum Gasteiger partial charge on any atom is 0.501 e. The van der Waals surface area contributed by atoms with Gasteiger partial charge in [0, 0.05) is 17.8 Å². The SMILES string of the molecule is COc1cc(F)c(OC2CCC(F)(C(=O)O)CC2)cc1C(=O)N[C@@H]1[C@H]2CC[C@H](C2)[C@@H]1C(=O)Nc1cccc(S(=O)(=O)C(F)(F)F)c1. The zero-order chi connectivity index (χ0) is 33.6. The second-order valence-electron chi connectivity index (χ2n) is 11.9. The third-order valence-corrected chi connectivity index (χ3v) is 10.6. The van der Waals surface area contributed by atoms with Crippen molar-refractivity contribution >= 4 is 33.3 Å². The van der Waals surface area contributed by atoms with Crippen LogP contribution in [0.25, 0.3) is 0 Å². The van der Waals surface area contributed by atoms with E-state index in [4.69, 9.17) is 14.6 Å². The van der Waals surface area contributed by atoms with Crippen LogP contribution < -0.4 is 20.1 Å². The smallest absolute Gasteiger partial charge is 0.496 e. The van der Waals surface area contributed by atoms with Crippen molar-refractivity contribution in [3.8, 4) is 11.5 Å². The molecule has 0 aliphatic heterocycles. The predicted octanol–water partition coefficient (Wildman–Crippen LogP) is 5.03. The number of carbonyl (C=O) groups is 3. The minimum absolute atomic E-state index is 0.00275. The van der Waals surface area contributed by atoms with E-state index in [2.05, 4.69) is 10.6 Å². The van der Waals surface area contributed by atoms with Crippen LogP contribution in [0, 0.1) is 23.6 Å². The molecule has 16 heteroatoms. The largest absolute Gasteiger partial charge is 0.501 e. The van der Waals surface area contributed by atoms with E-state index in [-0.39, 0.29) is 60.3 Å². The molecule has 2 amide bonds. The molecule has 0 spiro atoms. The lowest BCUT2D eigenvalue weighted by atomic mass is 9.83. The summed E-state index contributed by atoms with van der Waals surface area (Å²) in [5, 5.41) is 14.4. The highest BCUT2D eigenvalue weighted by Gasteiger charge is 2.52. The molecule has 0 saturated heterocycles. The summed E-state index contributed by atoms with van der Waals surface area (Å²) in [5.74, 6) is -5.30. The van der Waals surface area contributed by atoms with E-state index in [1.54, 1.807) is 0 Å². The first-order chi connectivity index (χ1) is 21.5. The first-order valence-electron chi connectivity index (χ1n) is 14.5. The Kier molecular flexibility index (Phi) is 8.96. The molecule has 3 aliphatic carbocycles. The second-order valence-corrected chi connectivity index (χ2v) is 13.8. The first kappa shape index (κ1) is 33.4. The number of carbonyl (C=O) groups excluding carboxylic acids is 2. The van der Waals surface area contributed by atoms with Crippen LogP contribution in [0.5, 0.6) is 11.5 Å². The number of sulfone groups is 1. The molecule has 46 heavy (non-hydrogen) atoms. The maximum atomic E-state index is 14.9. The number of rotatable bonds is 9. The van der Waals surface area contributed by atoms with Gasteiger partial charge < -0.3 is 25.2 Å². The van der Waals surface area contributed by atoms with E-state index in [1.807, 2.05) is 0 Å². The highest BCUT2D eigenvalue weighted by Crippen LogP contribution is 2.49. The topological polar surface area (TPSA) is 148 Å². The fraction of sp³-hybridized carbons (Fsp3) is 0.500. The quantitative estimate of drug-likeness (QED) is 0.314. The molecule has 2 aromatic carbocycles. The number of nitrogens with one attached hydrogen (secondary N) is 2. The number of hydrogen-bond acceptors (Lipinski definition) is 7. The Morgan fingerprint density at radius 3 is 2.30 bits per heavy atom. The minimum Gasteiger partial charge on any atom is -0.496 e. The van der Waals surface area contributed by atoms with Gasteiger partial charge in [0.25, 0.3) is 15.7 Å². The molecule has 3 N–H and O–H groups in total. The van der Waals surface area contributed by atoms with Gasteiger partial charge in [0.15, 0.2) is 11.6 Å². The van der Waals surface area contributed by atoms with E-state index < -0.39 is 67.6 Å². The van der Waals surface area contributed by atoms with Crippen LogP contribution in [0.15, 0.2) is 41.3 Å². The van der Waals surface area contributed by atoms with Crippen LogP contribution in [-0.2, 0) is 19.4 Å². The fourth-order valence-electron chi connectivity index (χ4n) is 6.74. The third-order valence-electron chi connectivity index (χ3n) is 9.13. The number of benzene rings is 2. The molecule has 5 rings (SSSR count). The lowest BCUT2D eigenvalue weighted by Crippen LogP contribution is -2.48. The van der Waals surface area contributed by atoms with E-state index in [1.165, 1.54) is 13.2 Å². The molecule has 3 aliphatic rings. The Labute approximate surface area is 260 Å². The average Bonchev–Trinajstić information content (AvgIpc) is 3.60. The Morgan fingerprint density at radius 1 is 1.00 bits per heavy atom. The van der Waals surface area contributed by atoms with Crippen molar-refractivity contribution in [1.29, 1.82) is 0 Å². The second kappa shape index (κ2) is 12.3. The summed E-state index contributed by atoms with van der Waals surface area (Å²) >= 11 is 0. The van der Waals surface area contributed by atoms with Gasteiger partial charge in [-0.15, -0.1) is 0 Å². The summed E-state index contributed by atoms with van der Waals surface area (Å²) in [6.45, 7) is 0. The molecule has 0 heterocycles. The van der Waals surface area contributed by atoms with Gasteiger partial charge in [-0.2, -0.15) is 13.2 Å². The molecule has 3 fully saturated rings. The number of hydrogen-bond donors (Lipinski definition) is 3. The number of fused-ring (bicyclic) bond motifs is 2. The lowest BCUT2D eigenvalue weighted by Gasteiger charge is -2.32. The van der Waals surface area contributed by atoms with Crippen LogP contribution in [0.3, 0.4) is 0 Å². The van der Waals surface area contributed by atoms with Crippen molar-refractivity contribution in [2.75, 3.05) is 12.4 Å². The van der Waals surface area contributed by atoms with E-state index in [0.717, 1.165) is 24.3 Å². The summed E-state index contributed by atoms with van der Waals surface area (Å²) in [5.41, 5.74) is -8.21. The van der Waals surface area contributed by atoms with E-state index in [9.17, 15) is 44.8 Å². The molecular weight excluding hydrogens is 643 g/mol. The highest BCUT2D eigenvalue weighted by molar-refractivity contribution is 7.92. The number of carboxylic acids is 1. The zero-order valence-electron chi connectivity index (χ0n) is 24.4. The van der Waals surface area contributed by atoms with Gasteiger partial charge in [0.2, 0.25) is 11.6 Å². The molecular formula is C30H31F5N2O8S. The normalized spacial score (nSPS) is 27.6. The number of ether oxygens (including phenoxy) is 2. The molecule has 0 aromatic heterocycles. The fourth-order valence-corrected chi connectivity index (χ4v) is 7.54. The molecule has 10 nitrogen and oxygen atoms in total. The van der Waals surface area contributed by atoms with Crippen molar-refractivity contribution in [3.05, 3.63) is 47.8 Å². The molecule has 0 radical (unpaired) electrons. The van der Waals surface area contributed by atoms with Gasteiger partial charge >= 0.3 is 11.5 Å². The van der Waals surface area contributed by atoms with Crippen molar-refractivity contribution in [3.63, 3.8) is 0 Å². The summed E-state index contributed by atoms with van der Waals surface area (Å²) in [4.78, 5) is 37.2. The minimum atomic E-state index is -5.65. The van der Waals surface area contributed by atoms with Crippen molar-refractivity contribution < 1.29 is 59.3 Å².